The lowest BCUT2D eigenvalue weighted by atomic mass is 10.2. The Morgan fingerprint density at radius 3 is 2.71 bits per heavy atom. The predicted octanol–water partition coefficient (Wildman–Crippen LogP) is 1.90. The van der Waals surface area contributed by atoms with Gasteiger partial charge < -0.3 is 14.8 Å². The van der Waals surface area contributed by atoms with E-state index in [0.29, 0.717) is 4.88 Å². The normalized spacial score (nSPS) is 12.0. The monoisotopic (exact) mass is 251 g/mol. The number of thiophene rings is 1. The maximum atomic E-state index is 11.7. The number of carboxylic acids is 1. The molecule has 88 valence electrons. The van der Waals surface area contributed by atoms with E-state index in [-0.39, 0.29) is 5.76 Å². The Kier molecular flexibility index (Phi) is 3.24. The molecule has 0 bridgehead atoms. The van der Waals surface area contributed by atoms with Gasteiger partial charge in [-0.2, -0.15) is 0 Å². The quantitative estimate of drug-likeness (QED) is 0.869. The first kappa shape index (κ1) is 11.4. The molecule has 0 aliphatic rings. The first-order valence-electron chi connectivity index (χ1n) is 4.79. The van der Waals surface area contributed by atoms with Crippen molar-refractivity contribution in [2.45, 2.75) is 6.04 Å². The molecule has 0 saturated carbocycles. The third kappa shape index (κ3) is 2.54. The van der Waals surface area contributed by atoms with Gasteiger partial charge in [-0.15, -0.1) is 11.3 Å². The van der Waals surface area contributed by atoms with Crippen LogP contribution in [0.1, 0.15) is 21.5 Å². The highest BCUT2D eigenvalue weighted by atomic mass is 32.1. The molecule has 1 amide bonds. The summed E-state index contributed by atoms with van der Waals surface area (Å²) in [5.74, 6) is -1.39. The molecule has 2 aromatic rings. The Balaban J connectivity index is 2.14. The number of hydrogen-bond donors (Lipinski definition) is 2. The number of carbonyl (C=O) groups excluding carboxylic acids is 1. The Hall–Kier alpha value is -2.08. The third-order valence-corrected chi connectivity index (χ3v) is 2.96. The van der Waals surface area contributed by atoms with Crippen LogP contribution in [0.3, 0.4) is 0 Å². The largest absolute Gasteiger partial charge is 0.479 e. The molecule has 0 fully saturated rings. The van der Waals surface area contributed by atoms with Gasteiger partial charge in [-0.25, -0.2) is 4.79 Å². The van der Waals surface area contributed by atoms with E-state index in [1.54, 1.807) is 23.6 Å². The predicted molar refractivity (Wildman–Crippen MR) is 60.9 cm³/mol. The fourth-order valence-corrected chi connectivity index (χ4v) is 1.95. The summed E-state index contributed by atoms with van der Waals surface area (Å²) in [7, 11) is 0. The van der Waals surface area contributed by atoms with E-state index in [4.69, 9.17) is 9.52 Å². The Morgan fingerprint density at radius 2 is 2.18 bits per heavy atom. The van der Waals surface area contributed by atoms with E-state index in [1.165, 1.54) is 23.7 Å². The lowest BCUT2D eigenvalue weighted by Gasteiger charge is -2.10. The molecule has 0 saturated heterocycles. The average Bonchev–Trinajstić information content (AvgIpc) is 2.97. The topological polar surface area (TPSA) is 79.5 Å². The fourth-order valence-electron chi connectivity index (χ4n) is 1.32. The van der Waals surface area contributed by atoms with Crippen LogP contribution in [-0.4, -0.2) is 17.0 Å². The second kappa shape index (κ2) is 4.84. The molecule has 0 spiro atoms. The molecule has 17 heavy (non-hydrogen) atoms. The zero-order valence-corrected chi connectivity index (χ0v) is 9.44. The van der Waals surface area contributed by atoms with Crippen molar-refractivity contribution in [1.29, 1.82) is 0 Å². The maximum Gasteiger partial charge on any atom is 0.334 e. The van der Waals surface area contributed by atoms with Crippen molar-refractivity contribution in [3.8, 4) is 0 Å². The van der Waals surface area contributed by atoms with Crippen molar-refractivity contribution in [2.75, 3.05) is 0 Å². The van der Waals surface area contributed by atoms with Gasteiger partial charge in [-0.1, -0.05) is 6.07 Å². The van der Waals surface area contributed by atoms with Gasteiger partial charge in [0.2, 0.25) is 0 Å². The summed E-state index contributed by atoms with van der Waals surface area (Å²) in [6.07, 6.45) is 1.36. The molecular formula is C11H9NO4S. The molecule has 2 heterocycles. The van der Waals surface area contributed by atoms with Crippen molar-refractivity contribution in [3.63, 3.8) is 0 Å². The van der Waals surface area contributed by atoms with E-state index < -0.39 is 17.9 Å². The van der Waals surface area contributed by atoms with Crippen LogP contribution in [0.5, 0.6) is 0 Å². The van der Waals surface area contributed by atoms with Gasteiger partial charge in [-0.3, -0.25) is 4.79 Å². The highest BCUT2D eigenvalue weighted by Gasteiger charge is 2.25. The summed E-state index contributed by atoms with van der Waals surface area (Å²) < 4.78 is 4.98. The van der Waals surface area contributed by atoms with Gasteiger partial charge in [-0.05, 0) is 23.6 Å². The van der Waals surface area contributed by atoms with E-state index in [1.807, 2.05) is 0 Å². The molecule has 0 aromatic carbocycles. The summed E-state index contributed by atoms with van der Waals surface area (Å²) in [5.41, 5.74) is 0. The number of aliphatic carboxylic acids is 1. The van der Waals surface area contributed by atoms with Gasteiger partial charge in [0, 0.05) is 0 Å². The summed E-state index contributed by atoms with van der Waals surface area (Å²) in [6, 6.07) is 5.26. The van der Waals surface area contributed by atoms with Crippen molar-refractivity contribution >= 4 is 23.2 Å². The minimum Gasteiger partial charge on any atom is -0.479 e. The lowest BCUT2D eigenvalue weighted by molar-refractivity contribution is -0.139. The number of hydrogen-bond acceptors (Lipinski definition) is 4. The number of carboxylic acid groups (broad SMARTS) is 1. The fraction of sp³-hybridized carbons (Fsp3) is 0.0909. The van der Waals surface area contributed by atoms with E-state index in [9.17, 15) is 9.59 Å². The minimum atomic E-state index is -1.17. The van der Waals surface area contributed by atoms with E-state index >= 15 is 0 Å². The molecular weight excluding hydrogens is 242 g/mol. The van der Waals surface area contributed by atoms with Crippen LogP contribution in [0.4, 0.5) is 0 Å². The van der Waals surface area contributed by atoms with E-state index in [0.717, 1.165) is 0 Å². The molecule has 1 atom stereocenters. The summed E-state index contributed by atoms with van der Waals surface area (Å²) in [4.78, 5) is 23.2. The zero-order chi connectivity index (χ0) is 12.3. The zero-order valence-electron chi connectivity index (χ0n) is 8.62. The molecule has 0 aliphatic heterocycles. The van der Waals surface area contributed by atoms with Crippen LogP contribution in [0.2, 0.25) is 0 Å². The van der Waals surface area contributed by atoms with Gasteiger partial charge in [0.05, 0.1) is 11.1 Å². The second-order valence-corrected chi connectivity index (χ2v) is 4.19. The maximum absolute atomic E-state index is 11.7. The number of nitrogens with one attached hydrogen (secondary N) is 1. The van der Waals surface area contributed by atoms with Crippen molar-refractivity contribution in [2.24, 2.45) is 0 Å². The van der Waals surface area contributed by atoms with Gasteiger partial charge in [0.15, 0.2) is 6.04 Å². The van der Waals surface area contributed by atoms with Crippen LogP contribution >= 0.6 is 11.3 Å². The van der Waals surface area contributed by atoms with Gasteiger partial charge in [0.1, 0.15) is 5.76 Å². The van der Waals surface area contributed by atoms with Crippen LogP contribution in [0, 0.1) is 0 Å². The lowest BCUT2D eigenvalue weighted by Crippen LogP contribution is -2.33. The highest BCUT2D eigenvalue weighted by Crippen LogP contribution is 2.16. The van der Waals surface area contributed by atoms with Gasteiger partial charge >= 0.3 is 5.97 Å². The van der Waals surface area contributed by atoms with Crippen LogP contribution in [-0.2, 0) is 4.79 Å². The molecule has 2 aromatic heterocycles. The Bertz CT molecular complexity index is 504. The van der Waals surface area contributed by atoms with Crippen molar-refractivity contribution in [3.05, 3.63) is 46.5 Å². The second-order valence-electron chi connectivity index (χ2n) is 3.24. The summed E-state index contributed by atoms with van der Waals surface area (Å²) >= 11 is 1.25. The van der Waals surface area contributed by atoms with Crippen LogP contribution in [0.25, 0.3) is 0 Å². The molecule has 2 N–H and O–H groups in total. The molecule has 0 radical (unpaired) electrons. The first-order valence-corrected chi connectivity index (χ1v) is 5.67. The minimum absolute atomic E-state index is 0.197. The molecule has 2 rings (SSSR count). The van der Waals surface area contributed by atoms with Gasteiger partial charge in [0.25, 0.3) is 5.91 Å². The van der Waals surface area contributed by atoms with Crippen LogP contribution < -0.4 is 5.32 Å². The average molecular weight is 251 g/mol. The number of furan rings is 1. The standard InChI is InChI=1S/C11H9NO4S/c13-10(8-4-2-6-17-8)12-9(11(14)15)7-3-1-5-16-7/h1-6,9H,(H,12,13)(H,14,15). The van der Waals surface area contributed by atoms with Crippen molar-refractivity contribution < 1.29 is 19.1 Å². The Labute approximate surface area is 101 Å². The summed E-state index contributed by atoms with van der Waals surface area (Å²) in [5, 5.41) is 13.2. The van der Waals surface area contributed by atoms with E-state index in [2.05, 4.69) is 5.32 Å². The molecule has 1 unspecified atom stereocenters. The summed E-state index contributed by atoms with van der Waals surface area (Å²) in [6.45, 7) is 0. The molecule has 0 aliphatic carbocycles. The number of rotatable bonds is 4. The molecule has 5 nitrogen and oxygen atoms in total. The number of amides is 1. The number of carbonyl (C=O) groups is 2. The Morgan fingerprint density at radius 1 is 1.35 bits per heavy atom. The SMILES string of the molecule is O=C(NC(C(=O)O)c1ccco1)c1cccs1. The highest BCUT2D eigenvalue weighted by molar-refractivity contribution is 7.12. The van der Waals surface area contributed by atoms with Crippen molar-refractivity contribution in [1.82, 2.24) is 5.32 Å². The smallest absolute Gasteiger partial charge is 0.334 e. The first-order chi connectivity index (χ1) is 8.18. The third-order valence-electron chi connectivity index (χ3n) is 2.10. The molecule has 6 heteroatoms. The van der Waals surface area contributed by atoms with Crippen LogP contribution in [0.15, 0.2) is 40.3 Å².